The lowest BCUT2D eigenvalue weighted by molar-refractivity contribution is -0.138. The van der Waals surface area contributed by atoms with Gasteiger partial charge in [0.25, 0.3) is 0 Å². The first kappa shape index (κ1) is 17.4. The van der Waals surface area contributed by atoms with Crippen molar-refractivity contribution in [1.82, 2.24) is 0 Å². The predicted molar refractivity (Wildman–Crippen MR) is 71.3 cm³/mol. The Balaban J connectivity index is 2.76. The molecule has 8 heteroatoms. The SMILES string of the molecule is N#Cc1ccc(-c2cccc(C(F)(F)F)c2C#N)cc1C(F)(F)F. The van der Waals surface area contributed by atoms with E-state index in [-0.39, 0.29) is 11.1 Å². The van der Waals surface area contributed by atoms with Crippen LogP contribution in [0, 0.1) is 22.7 Å². The molecule has 0 N–H and O–H groups in total. The molecule has 0 radical (unpaired) electrons. The maximum Gasteiger partial charge on any atom is 0.417 e. The third kappa shape index (κ3) is 3.18. The molecule has 0 spiro atoms. The Morgan fingerprint density at radius 3 is 1.88 bits per heavy atom. The number of hydrogen-bond acceptors (Lipinski definition) is 2. The summed E-state index contributed by atoms with van der Waals surface area (Å²) in [4.78, 5) is 0. The summed E-state index contributed by atoms with van der Waals surface area (Å²) in [6.45, 7) is 0. The van der Waals surface area contributed by atoms with Crippen LogP contribution in [0.2, 0.25) is 0 Å². The third-order valence-corrected chi connectivity index (χ3v) is 3.24. The molecule has 2 rings (SSSR count). The van der Waals surface area contributed by atoms with Crippen LogP contribution in [-0.2, 0) is 12.4 Å². The van der Waals surface area contributed by atoms with Gasteiger partial charge in [-0.1, -0.05) is 18.2 Å². The Morgan fingerprint density at radius 1 is 0.750 bits per heavy atom. The molecule has 2 nitrogen and oxygen atoms in total. The number of alkyl halides is 6. The molecule has 0 aliphatic heterocycles. The fourth-order valence-electron chi connectivity index (χ4n) is 2.19. The summed E-state index contributed by atoms with van der Waals surface area (Å²) in [7, 11) is 0. The van der Waals surface area contributed by atoms with Crippen LogP contribution >= 0.6 is 0 Å². The van der Waals surface area contributed by atoms with Gasteiger partial charge >= 0.3 is 12.4 Å². The summed E-state index contributed by atoms with van der Waals surface area (Å²) in [5, 5.41) is 17.8. The van der Waals surface area contributed by atoms with E-state index >= 15 is 0 Å². The number of benzene rings is 2. The minimum atomic E-state index is -4.85. The van der Waals surface area contributed by atoms with Crippen molar-refractivity contribution in [2.24, 2.45) is 0 Å². The summed E-state index contributed by atoms with van der Waals surface area (Å²) in [5.74, 6) is 0. The zero-order chi connectivity index (χ0) is 18.1. The topological polar surface area (TPSA) is 47.6 Å². The summed E-state index contributed by atoms with van der Waals surface area (Å²) in [6.07, 6.45) is -9.67. The Kier molecular flexibility index (Phi) is 4.26. The lowest BCUT2D eigenvalue weighted by Crippen LogP contribution is -2.10. The van der Waals surface area contributed by atoms with Gasteiger partial charge in [-0.05, 0) is 23.8 Å². The van der Waals surface area contributed by atoms with Crippen LogP contribution in [0.15, 0.2) is 36.4 Å². The fraction of sp³-hybridized carbons (Fsp3) is 0.125. The van der Waals surface area contributed by atoms with Crippen LogP contribution in [0.1, 0.15) is 22.3 Å². The molecule has 0 unspecified atom stereocenters. The number of rotatable bonds is 1. The molecule has 0 aliphatic rings. The van der Waals surface area contributed by atoms with E-state index in [0.29, 0.717) is 12.1 Å². The largest absolute Gasteiger partial charge is 0.417 e. The molecule has 0 fully saturated rings. The van der Waals surface area contributed by atoms with E-state index in [4.69, 9.17) is 10.5 Å². The molecule has 0 amide bonds. The van der Waals surface area contributed by atoms with Crippen LogP contribution in [0.3, 0.4) is 0 Å². The van der Waals surface area contributed by atoms with Gasteiger partial charge in [-0.25, -0.2) is 0 Å². The molecule has 2 aromatic rings. The predicted octanol–water partition coefficient (Wildman–Crippen LogP) is 5.13. The van der Waals surface area contributed by atoms with E-state index in [1.54, 1.807) is 0 Å². The van der Waals surface area contributed by atoms with E-state index in [0.717, 1.165) is 24.3 Å². The average molecular weight is 340 g/mol. The van der Waals surface area contributed by atoms with Crippen molar-refractivity contribution >= 4 is 0 Å². The van der Waals surface area contributed by atoms with Crippen molar-refractivity contribution in [1.29, 1.82) is 10.5 Å². The highest BCUT2D eigenvalue weighted by atomic mass is 19.4. The summed E-state index contributed by atoms with van der Waals surface area (Å²) in [5.41, 5.74) is -4.46. The highest BCUT2D eigenvalue weighted by Gasteiger charge is 2.36. The van der Waals surface area contributed by atoms with Crippen molar-refractivity contribution in [3.63, 3.8) is 0 Å². The van der Waals surface area contributed by atoms with Crippen LogP contribution in [0.5, 0.6) is 0 Å². The smallest absolute Gasteiger partial charge is 0.192 e. The molecule has 0 bridgehead atoms. The first-order valence-corrected chi connectivity index (χ1v) is 6.31. The van der Waals surface area contributed by atoms with Gasteiger partial charge in [0.15, 0.2) is 0 Å². The van der Waals surface area contributed by atoms with Crippen LogP contribution in [-0.4, -0.2) is 0 Å². The summed E-state index contributed by atoms with van der Waals surface area (Å²) < 4.78 is 77.8. The van der Waals surface area contributed by atoms with E-state index in [9.17, 15) is 26.3 Å². The number of halogens is 6. The van der Waals surface area contributed by atoms with Crippen molar-refractivity contribution in [2.75, 3.05) is 0 Å². The van der Waals surface area contributed by atoms with Gasteiger partial charge in [-0.2, -0.15) is 36.9 Å². The van der Waals surface area contributed by atoms with Crippen LogP contribution in [0.4, 0.5) is 26.3 Å². The Hall–Kier alpha value is -3.00. The molecule has 0 saturated heterocycles. The van der Waals surface area contributed by atoms with Crippen molar-refractivity contribution in [2.45, 2.75) is 12.4 Å². The Bertz CT molecular complexity index is 866. The van der Waals surface area contributed by atoms with Gasteiger partial charge in [-0.15, -0.1) is 0 Å². The number of nitriles is 2. The molecule has 2 aromatic carbocycles. The first-order valence-electron chi connectivity index (χ1n) is 6.31. The highest BCUT2D eigenvalue weighted by molar-refractivity contribution is 5.74. The minimum absolute atomic E-state index is 0.232. The monoisotopic (exact) mass is 340 g/mol. The van der Waals surface area contributed by atoms with E-state index < -0.39 is 34.6 Å². The molecule has 0 aliphatic carbocycles. The van der Waals surface area contributed by atoms with Crippen LogP contribution in [0.25, 0.3) is 11.1 Å². The van der Waals surface area contributed by atoms with Crippen LogP contribution < -0.4 is 0 Å². The quantitative estimate of drug-likeness (QED) is 0.675. The molecule has 0 saturated carbocycles. The van der Waals surface area contributed by atoms with Crippen molar-refractivity contribution in [3.8, 4) is 23.3 Å². The van der Waals surface area contributed by atoms with Gasteiger partial charge < -0.3 is 0 Å². The van der Waals surface area contributed by atoms with Crippen molar-refractivity contribution < 1.29 is 26.3 Å². The molecule has 0 aromatic heterocycles. The maximum atomic E-state index is 13.0. The number of hydrogen-bond donors (Lipinski definition) is 0. The second-order valence-corrected chi connectivity index (χ2v) is 4.71. The van der Waals surface area contributed by atoms with E-state index in [1.165, 1.54) is 12.1 Å². The number of nitrogens with zero attached hydrogens (tertiary/aromatic N) is 2. The lowest BCUT2D eigenvalue weighted by atomic mass is 9.93. The van der Waals surface area contributed by atoms with Gasteiger partial charge in [-0.3, -0.25) is 0 Å². The second kappa shape index (κ2) is 5.89. The molecule has 24 heavy (non-hydrogen) atoms. The zero-order valence-corrected chi connectivity index (χ0v) is 11.6. The van der Waals surface area contributed by atoms with Gasteiger partial charge in [0.1, 0.15) is 6.07 Å². The van der Waals surface area contributed by atoms with E-state index in [2.05, 4.69) is 0 Å². The molecular formula is C16H6F6N2. The standard InChI is InChI=1S/C16H6F6N2/c17-15(18,19)13-3-1-2-11(12(13)8-24)9-4-5-10(7-23)14(6-9)16(20,21)22/h1-6H. The summed E-state index contributed by atoms with van der Waals surface area (Å²) >= 11 is 0. The molecule has 0 heterocycles. The first-order chi connectivity index (χ1) is 11.1. The normalized spacial score (nSPS) is 11.7. The second-order valence-electron chi connectivity index (χ2n) is 4.71. The summed E-state index contributed by atoms with van der Waals surface area (Å²) in [6, 6.07) is 8.07. The average Bonchev–Trinajstić information content (AvgIpc) is 2.51. The van der Waals surface area contributed by atoms with Gasteiger partial charge in [0.05, 0.1) is 28.3 Å². The Labute approximate surface area is 132 Å². The highest BCUT2D eigenvalue weighted by Crippen LogP contribution is 2.39. The molecule has 122 valence electrons. The minimum Gasteiger partial charge on any atom is -0.192 e. The zero-order valence-electron chi connectivity index (χ0n) is 11.6. The lowest BCUT2D eigenvalue weighted by Gasteiger charge is -2.14. The fourth-order valence-corrected chi connectivity index (χ4v) is 2.19. The molecular weight excluding hydrogens is 334 g/mol. The van der Waals surface area contributed by atoms with Crippen molar-refractivity contribution in [3.05, 3.63) is 58.7 Å². The Morgan fingerprint density at radius 2 is 1.38 bits per heavy atom. The third-order valence-electron chi connectivity index (χ3n) is 3.24. The maximum absolute atomic E-state index is 13.0. The van der Waals surface area contributed by atoms with E-state index in [1.807, 2.05) is 0 Å². The van der Waals surface area contributed by atoms with Gasteiger partial charge in [0.2, 0.25) is 0 Å². The molecule has 0 atom stereocenters. The van der Waals surface area contributed by atoms with Gasteiger partial charge in [0, 0.05) is 5.56 Å².